The van der Waals surface area contributed by atoms with Crippen molar-refractivity contribution in [2.45, 2.75) is 37.1 Å². The number of aromatic nitrogens is 2. The van der Waals surface area contributed by atoms with Gasteiger partial charge in [-0.15, -0.1) is 0 Å². The lowest BCUT2D eigenvalue weighted by Crippen LogP contribution is -2.25. The molecule has 0 saturated carbocycles. The van der Waals surface area contributed by atoms with Gasteiger partial charge in [0, 0.05) is 19.0 Å². The molecule has 1 unspecified atom stereocenters. The number of rotatable bonds is 4. The Balaban J connectivity index is 0.000000326. The number of aliphatic carboxylic acids is 2. The SMILES string of the molecule is CCCS(=O)(=O)c1nsnc1[C@@H]1CN2CCC[C@@H]1C2.O=C(O)C(=O)O. The minimum Gasteiger partial charge on any atom is -0.473 e. The number of carboxylic acids is 2. The molecule has 1 aromatic heterocycles. The second-order valence-corrected chi connectivity index (χ2v) is 8.71. The highest BCUT2D eigenvalue weighted by molar-refractivity contribution is 7.91. The summed E-state index contributed by atoms with van der Waals surface area (Å²) in [7, 11) is -3.25. The third-order valence-electron chi connectivity index (χ3n) is 4.35. The second-order valence-electron chi connectivity index (χ2n) is 6.15. The number of nitrogens with zero attached hydrogens (tertiary/aromatic N) is 3. The second kappa shape index (κ2) is 8.19. The van der Waals surface area contributed by atoms with Crippen LogP contribution < -0.4 is 0 Å². The van der Waals surface area contributed by atoms with Gasteiger partial charge in [-0.1, -0.05) is 6.92 Å². The van der Waals surface area contributed by atoms with E-state index in [0.29, 0.717) is 12.3 Å². The van der Waals surface area contributed by atoms with Crippen LogP contribution in [0.15, 0.2) is 5.03 Å². The van der Waals surface area contributed by atoms with Gasteiger partial charge in [-0.3, -0.25) is 0 Å². The Kier molecular flexibility index (Phi) is 6.47. The first-order chi connectivity index (χ1) is 11.8. The molecule has 3 rings (SSSR count). The highest BCUT2D eigenvalue weighted by Gasteiger charge is 2.40. The zero-order valence-corrected chi connectivity index (χ0v) is 15.4. The van der Waals surface area contributed by atoms with Crippen LogP contribution in [-0.4, -0.2) is 69.6 Å². The minimum atomic E-state index is -3.25. The summed E-state index contributed by atoms with van der Waals surface area (Å²) in [5, 5.41) is 15.0. The molecule has 0 spiro atoms. The number of sulfone groups is 1. The summed E-state index contributed by atoms with van der Waals surface area (Å²) in [6.45, 7) is 5.06. The van der Waals surface area contributed by atoms with Crippen LogP contribution >= 0.6 is 11.7 Å². The normalized spacial score (nSPS) is 25.1. The van der Waals surface area contributed by atoms with E-state index in [1.54, 1.807) is 0 Å². The number of carboxylic acid groups (broad SMARTS) is 2. The zero-order valence-electron chi connectivity index (χ0n) is 13.8. The fourth-order valence-electron chi connectivity index (χ4n) is 3.32. The van der Waals surface area contributed by atoms with Gasteiger partial charge in [-0.05, 0) is 31.7 Å². The molecule has 11 heteroatoms. The molecule has 0 amide bonds. The van der Waals surface area contributed by atoms with Crippen molar-refractivity contribution in [3.63, 3.8) is 0 Å². The van der Waals surface area contributed by atoms with Crippen LogP contribution in [-0.2, 0) is 19.4 Å². The van der Waals surface area contributed by atoms with Crippen LogP contribution in [0, 0.1) is 5.92 Å². The van der Waals surface area contributed by atoms with E-state index >= 15 is 0 Å². The van der Waals surface area contributed by atoms with Crippen molar-refractivity contribution >= 4 is 33.5 Å². The van der Waals surface area contributed by atoms with Gasteiger partial charge in [0.15, 0.2) is 14.9 Å². The summed E-state index contributed by atoms with van der Waals surface area (Å²) < 4.78 is 32.9. The van der Waals surface area contributed by atoms with Crippen LogP contribution in [0.1, 0.15) is 37.8 Å². The van der Waals surface area contributed by atoms with Crippen molar-refractivity contribution in [2.24, 2.45) is 5.92 Å². The predicted molar refractivity (Wildman–Crippen MR) is 89.4 cm³/mol. The van der Waals surface area contributed by atoms with Crippen LogP contribution in [0.3, 0.4) is 0 Å². The molecule has 2 N–H and O–H groups in total. The molecule has 0 aliphatic carbocycles. The van der Waals surface area contributed by atoms with E-state index in [-0.39, 0.29) is 16.7 Å². The first kappa shape index (κ1) is 19.7. The Morgan fingerprint density at radius 1 is 1.24 bits per heavy atom. The van der Waals surface area contributed by atoms with E-state index in [0.717, 1.165) is 37.1 Å². The van der Waals surface area contributed by atoms with Crippen LogP contribution in [0.5, 0.6) is 0 Å². The number of carbonyl (C=O) groups is 2. The molecule has 140 valence electrons. The van der Waals surface area contributed by atoms with Gasteiger partial charge in [0.05, 0.1) is 23.2 Å². The molecule has 25 heavy (non-hydrogen) atoms. The monoisotopic (exact) mass is 391 g/mol. The van der Waals surface area contributed by atoms with Crippen molar-refractivity contribution < 1.29 is 28.2 Å². The van der Waals surface area contributed by atoms with E-state index in [9.17, 15) is 8.42 Å². The Bertz CT molecular complexity index is 721. The summed E-state index contributed by atoms with van der Waals surface area (Å²) in [4.78, 5) is 20.6. The number of fused-ring (bicyclic) bond motifs is 2. The summed E-state index contributed by atoms with van der Waals surface area (Å²) in [5.41, 5.74) is 0.743. The summed E-state index contributed by atoms with van der Waals surface area (Å²) in [5.74, 6) is -2.65. The molecule has 0 aromatic carbocycles. The maximum atomic E-state index is 12.3. The van der Waals surface area contributed by atoms with Gasteiger partial charge < -0.3 is 15.1 Å². The summed E-state index contributed by atoms with van der Waals surface area (Å²) in [6, 6.07) is 0. The van der Waals surface area contributed by atoms with Crippen molar-refractivity contribution in [1.29, 1.82) is 0 Å². The molecular weight excluding hydrogens is 370 g/mol. The van der Waals surface area contributed by atoms with E-state index in [4.69, 9.17) is 19.8 Å². The Morgan fingerprint density at radius 2 is 1.92 bits per heavy atom. The standard InChI is InChI=1S/C12H19N3O2S2.C2H2O4/c1-2-6-19(16,17)12-11(13-18-14-12)10-8-15-5-3-4-9(10)7-15;3-1(4)2(5)6/h9-10H,2-8H2,1H3;(H,3,4)(H,5,6)/t9-,10-;/m1./s1. The lowest BCUT2D eigenvalue weighted by molar-refractivity contribution is -0.159. The highest BCUT2D eigenvalue weighted by Crippen LogP contribution is 2.40. The first-order valence-corrected chi connectivity index (χ1v) is 10.4. The molecule has 9 nitrogen and oxygen atoms in total. The fraction of sp³-hybridized carbons (Fsp3) is 0.714. The van der Waals surface area contributed by atoms with Crippen LogP contribution in [0.25, 0.3) is 0 Å². The molecule has 2 aliphatic heterocycles. The van der Waals surface area contributed by atoms with E-state index < -0.39 is 21.8 Å². The Hall–Kier alpha value is -1.59. The van der Waals surface area contributed by atoms with Gasteiger partial charge >= 0.3 is 11.9 Å². The topological polar surface area (TPSA) is 138 Å². The fourth-order valence-corrected chi connectivity index (χ4v) is 5.69. The van der Waals surface area contributed by atoms with Gasteiger partial charge in [-0.2, -0.15) is 8.75 Å². The lowest BCUT2D eigenvalue weighted by atomic mass is 9.89. The average Bonchev–Trinajstić information content (AvgIpc) is 3.13. The molecule has 2 aliphatic rings. The average molecular weight is 391 g/mol. The largest absolute Gasteiger partial charge is 0.473 e. The van der Waals surface area contributed by atoms with E-state index in [2.05, 4.69) is 13.6 Å². The van der Waals surface area contributed by atoms with Gasteiger partial charge in [0.2, 0.25) is 0 Å². The highest BCUT2D eigenvalue weighted by atomic mass is 32.2. The summed E-state index contributed by atoms with van der Waals surface area (Å²) in [6.07, 6.45) is 3.03. The van der Waals surface area contributed by atoms with Crippen LogP contribution in [0.2, 0.25) is 0 Å². The predicted octanol–water partition coefficient (Wildman–Crippen LogP) is 0.687. The zero-order chi connectivity index (χ0) is 18.6. The number of piperidine rings is 1. The van der Waals surface area contributed by atoms with E-state index in [1.807, 2.05) is 6.92 Å². The van der Waals surface area contributed by atoms with Gasteiger partial charge in [0.1, 0.15) is 0 Å². The first-order valence-electron chi connectivity index (χ1n) is 8.00. The van der Waals surface area contributed by atoms with Gasteiger partial charge in [0.25, 0.3) is 0 Å². The Labute approximate surface area is 149 Å². The number of hydrogen-bond donors (Lipinski definition) is 2. The molecule has 2 bridgehead atoms. The molecule has 3 atom stereocenters. The van der Waals surface area contributed by atoms with Gasteiger partial charge in [-0.25, -0.2) is 18.0 Å². The van der Waals surface area contributed by atoms with Crippen molar-refractivity contribution in [1.82, 2.24) is 13.6 Å². The molecule has 3 heterocycles. The molecular formula is C14H21N3O6S2. The smallest absolute Gasteiger partial charge is 0.414 e. The lowest BCUT2D eigenvalue weighted by Gasteiger charge is -2.21. The van der Waals surface area contributed by atoms with Crippen molar-refractivity contribution in [3.8, 4) is 0 Å². The maximum absolute atomic E-state index is 12.3. The summed E-state index contributed by atoms with van der Waals surface area (Å²) >= 11 is 1.04. The molecule has 1 aromatic rings. The van der Waals surface area contributed by atoms with Crippen molar-refractivity contribution in [2.75, 3.05) is 25.4 Å². The number of hydrogen-bond acceptors (Lipinski definition) is 8. The Morgan fingerprint density at radius 3 is 2.48 bits per heavy atom. The third-order valence-corrected chi connectivity index (χ3v) is 6.84. The third kappa shape index (κ3) is 4.73. The maximum Gasteiger partial charge on any atom is 0.414 e. The van der Waals surface area contributed by atoms with Crippen molar-refractivity contribution in [3.05, 3.63) is 5.69 Å². The van der Waals surface area contributed by atoms with E-state index in [1.165, 1.54) is 12.8 Å². The minimum absolute atomic E-state index is 0.173. The molecule has 2 fully saturated rings. The molecule has 2 saturated heterocycles. The van der Waals surface area contributed by atoms with Crippen LogP contribution in [0.4, 0.5) is 0 Å². The molecule has 0 radical (unpaired) electrons. The quantitative estimate of drug-likeness (QED) is 0.710.